The molecular weight excluding hydrogens is 595 g/mol. The first kappa shape index (κ1) is 37.7. The van der Waals surface area contributed by atoms with E-state index in [0.29, 0.717) is 31.2 Å². The van der Waals surface area contributed by atoms with Crippen molar-refractivity contribution >= 4 is 29.1 Å². The number of thiophene rings is 1. The van der Waals surface area contributed by atoms with E-state index in [1.807, 2.05) is 44.2 Å². The Kier molecular flexibility index (Phi) is 16.8. The van der Waals surface area contributed by atoms with Crippen molar-refractivity contribution in [3.8, 4) is 5.75 Å². The predicted molar refractivity (Wildman–Crippen MR) is 189 cm³/mol. The Balaban J connectivity index is 1.25. The molecule has 0 bridgehead atoms. The Morgan fingerprint density at radius 3 is 2.24 bits per heavy atom. The Labute approximate surface area is 282 Å². The molecule has 256 valence electrons. The van der Waals surface area contributed by atoms with E-state index in [-0.39, 0.29) is 29.7 Å². The minimum Gasteiger partial charge on any atom is -0.426 e. The van der Waals surface area contributed by atoms with E-state index in [9.17, 15) is 14.4 Å². The Hall–Kier alpha value is -2.71. The lowest BCUT2D eigenvalue weighted by molar-refractivity contribution is -0.134. The van der Waals surface area contributed by atoms with Crippen molar-refractivity contribution in [1.29, 1.82) is 0 Å². The van der Waals surface area contributed by atoms with Crippen LogP contribution in [0, 0.1) is 0 Å². The number of carbonyl (C=O) groups excluding carboxylic acids is 3. The molecule has 8 heteroatoms. The standard InChI is InChI=1S/C38H59N3O4S/c1-5-26-41(27-24-32-17-15-28-46-32)31-21-22-33-30(29-31)16-14-18-34(33)45-37(44)23-25-39-35(42)19-12-10-8-6-7-9-11-13-20-36(43)40-38(2,3)4/h14-18,28,31H,5-13,19-27,29H2,1-4H3,(H,39,42)(H,40,43)/t31-/m1/s1. The minimum absolute atomic E-state index is 0.000164. The van der Waals surface area contributed by atoms with E-state index in [2.05, 4.69) is 46.0 Å². The fraction of sp³-hybridized carbons (Fsp3) is 0.658. The molecule has 46 heavy (non-hydrogen) atoms. The van der Waals surface area contributed by atoms with E-state index in [4.69, 9.17) is 4.74 Å². The number of nitrogens with zero attached hydrogens (tertiary/aromatic N) is 1. The number of nitrogens with one attached hydrogen (secondary N) is 2. The van der Waals surface area contributed by atoms with Gasteiger partial charge >= 0.3 is 5.97 Å². The number of amides is 2. The van der Waals surface area contributed by atoms with Gasteiger partial charge in [0.25, 0.3) is 0 Å². The van der Waals surface area contributed by atoms with Gasteiger partial charge < -0.3 is 15.4 Å². The molecule has 0 radical (unpaired) electrons. The fourth-order valence-corrected chi connectivity index (χ4v) is 7.01. The highest BCUT2D eigenvalue weighted by atomic mass is 32.1. The van der Waals surface area contributed by atoms with E-state index < -0.39 is 0 Å². The molecule has 0 aliphatic heterocycles. The molecule has 3 rings (SSSR count). The van der Waals surface area contributed by atoms with Gasteiger partial charge in [0, 0.05) is 42.4 Å². The monoisotopic (exact) mass is 653 g/mol. The van der Waals surface area contributed by atoms with Crippen LogP contribution in [0.2, 0.25) is 0 Å². The zero-order chi connectivity index (χ0) is 33.2. The van der Waals surface area contributed by atoms with Crippen molar-refractivity contribution in [2.45, 2.75) is 142 Å². The molecule has 2 aromatic rings. The van der Waals surface area contributed by atoms with Gasteiger partial charge in [0.2, 0.25) is 11.8 Å². The van der Waals surface area contributed by atoms with E-state index in [1.165, 1.54) is 16.9 Å². The summed E-state index contributed by atoms with van der Waals surface area (Å²) in [6.45, 7) is 10.8. The third-order valence-corrected chi connectivity index (χ3v) is 9.55. The molecule has 2 N–H and O–H groups in total. The SMILES string of the molecule is CCCN(CCc1cccs1)[C@@H]1CCc2c(cccc2OC(=O)CCNC(=O)CCCCCCCCCCC(=O)NC(C)(C)C)C1. The summed E-state index contributed by atoms with van der Waals surface area (Å²) in [6.07, 6.45) is 15.0. The Morgan fingerprint density at radius 1 is 0.891 bits per heavy atom. The Morgan fingerprint density at radius 2 is 1.59 bits per heavy atom. The third-order valence-electron chi connectivity index (χ3n) is 8.61. The Bertz CT molecular complexity index is 1190. The lowest BCUT2D eigenvalue weighted by Gasteiger charge is -2.35. The summed E-state index contributed by atoms with van der Waals surface area (Å²) in [5, 5.41) is 8.05. The van der Waals surface area contributed by atoms with Crippen LogP contribution in [0.5, 0.6) is 5.75 Å². The van der Waals surface area contributed by atoms with Crippen LogP contribution < -0.4 is 15.4 Å². The van der Waals surface area contributed by atoms with Crippen LogP contribution in [0.1, 0.15) is 127 Å². The molecule has 0 fully saturated rings. The molecule has 7 nitrogen and oxygen atoms in total. The molecule has 1 atom stereocenters. The van der Waals surface area contributed by atoms with Crippen molar-refractivity contribution in [2.24, 2.45) is 0 Å². The molecule has 0 spiro atoms. The largest absolute Gasteiger partial charge is 0.426 e. The summed E-state index contributed by atoms with van der Waals surface area (Å²) in [6, 6.07) is 10.9. The van der Waals surface area contributed by atoms with Gasteiger partial charge in [0.05, 0.1) is 6.42 Å². The number of unbranched alkanes of at least 4 members (excludes halogenated alkanes) is 7. The lowest BCUT2D eigenvalue weighted by Crippen LogP contribution is -2.41. The quantitative estimate of drug-likeness (QED) is 0.0816. The summed E-state index contributed by atoms with van der Waals surface area (Å²) < 4.78 is 5.80. The van der Waals surface area contributed by atoms with Gasteiger partial charge in [0.1, 0.15) is 5.75 Å². The average molecular weight is 654 g/mol. The van der Waals surface area contributed by atoms with Crippen LogP contribution in [0.15, 0.2) is 35.7 Å². The van der Waals surface area contributed by atoms with E-state index >= 15 is 0 Å². The second kappa shape index (κ2) is 20.5. The zero-order valence-electron chi connectivity index (χ0n) is 29.0. The van der Waals surface area contributed by atoms with Crippen LogP contribution in [0.25, 0.3) is 0 Å². The first-order chi connectivity index (χ1) is 22.1. The van der Waals surface area contributed by atoms with Crippen LogP contribution in [-0.4, -0.2) is 53.9 Å². The number of hydrogen-bond donors (Lipinski definition) is 2. The first-order valence-electron chi connectivity index (χ1n) is 17.8. The predicted octanol–water partition coefficient (Wildman–Crippen LogP) is 7.79. The zero-order valence-corrected chi connectivity index (χ0v) is 29.8. The number of benzene rings is 1. The highest BCUT2D eigenvalue weighted by Crippen LogP contribution is 2.32. The average Bonchev–Trinajstić information content (AvgIpc) is 3.53. The van der Waals surface area contributed by atoms with E-state index in [0.717, 1.165) is 95.7 Å². The molecule has 1 aromatic heterocycles. The highest BCUT2D eigenvalue weighted by molar-refractivity contribution is 7.09. The fourth-order valence-electron chi connectivity index (χ4n) is 6.31. The number of fused-ring (bicyclic) bond motifs is 1. The number of rotatable bonds is 21. The highest BCUT2D eigenvalue weighted by Gasteiger charge is 2.26. The van der Waals surface area contributed by atoms with Gasteiger partial charge in [0.15, 0.2) is 0 Å². The van der Waals surface area contributed by atoms with Gasteiger partial charge in [-0.25, -0.2) is 0 Å². The summed E-state index contributed by atoms with van der Waals surface area (Å²) in [5.74, 6) is 0.523. The number of ether oxygens (including phenoxy) is 1. The van der Waals surface area contributed by atoms with Crippen molar-refractivity contribution < 1.29 is 19.1 Å². The van der Waals surface area contributed by atoms with Gasteiger partial charge in [-0.2, -0.15) is 0 Å². The summed E-state index contributed by atoms with van der Waals surface area (Å²) >= 11 is 1.84. The third kappa shape index (κ3) is 14.8. The minimum atomic E-state index is -0.297. The van der Waals surface area contributed by atoms with Crippen molar-refractivity contribution in [1.82, 2.24) is 15.5 Å². The first-order valence-corrected chi connectivity index (χ1v) is 18.7. The van der Waals surface area contributed by atoms with Gasteiger partial charge in [-0.3, -0.25) is 19.3 Å². The maximum atomic E-state index is 12.6. The van der Waals surface area contributed by atoms with Crippen LogP contribution >= 0.6 is 11.3 Å². The second-order valence-electron chi connectivity index (χ2n) is 13.9. The number of esters is 1. The topological polar surface area (TPSA) is 87.7 Å². The normalized spacial score (nSPS) is 14.6. The van der Waals surface area contributed by atoms with Crippen LogP contribution in [0.3, 0.4) is 0 Å². The smallest absolute Gasteiger partial charge is 0.312 e. The van der Waals surface area contributed by atoms with E-state index in [1.54, 1.807) is 0 Å². The molecule has 0 unspecified atom stereocenters. The maximum absolute atomic E-state index is 12.6. The summed E-state index contributed by atoms with van der Waals surface area (Å²) in [7, 11) is 0. The molecule has 1 aromatic carbocycles. The van der Waals surface area contributed by atoms with Crippen molar-refractivity contribution in [3.63, 3.8) is 0 Å². The van der Waals surface area contributed by atoms with Crippen LogP contribution in [0.4, 0.5) is 0 Å². The summed E-state index contributed by atoms with van der Waals surface area (Å²) in [5.41, 5.74) is 2.29. The van der Waals surface area contributed by atoms with Gasteiger partial charge in [-0.15, -0.1) is 11.3 Å². The molecule has 0 saturated carbocycles. The maximum Gasteiger partial charge on any atom is 0.312 e. The molecule has 2 amide bonds. The molecular formula is C38H59N3O4S. The number of carbonyl (C=O) groups is 3. The van der Waals surface area contributed by atoms with Gasteiger partial charge in [-0.1, -0.05) is 63.6 Å². The lowest BCUT2D eigenvalue weighted by atomic mass is 9.86. The molecule has 1 heterocycles. The van der Waals surface area contributed by atoms with Crippen LogP contribution in [-0.2, 0) is 33.6 Å². The molecule has 0 saturated heterocycles. The van der Waals surface area contributed by atoms with Gasteiger partial charge in [-0.05, 0) is 101 Å². The number of hydrogen-bond acceptors (Lipinski definition) is 6. The molecule has 1 aliphatic carbocycles. The summed E-state index contributed by atoms with van der Waals surface area (Å²) in [4.78, 5) is 40.9. The van der Waals surface area contributed by atoms with Crippen molar-refractivity contribution in [3.05, 3.63) is 51.7 Å². The molecule has 1 aliphatic rings. The second-order valence-corrected chi connectivity index (χ2v) is 14.9. The van der Waals surface area contributed by atoms with Crippen molar-refractivity contribution in [2.75, 3.05) is 19.6 Å².